The molecular formula is C27H33N5O3. The molecule has 8 heteroatoms. The van der Waals surface area contributed by atoms with Crippen molar-refractivity contribution in [1.82, 2.24) is 19.7 Å². The van der Waals surface area contributed by atoms with Crippen molar-refractivity contribution in [1.29, 1.82) is 0 Å². The fourth-order valence-electron chi connectivity index (χ4n) is 4.44. The van der Waals surface area contributed by atoms with Gasteiger partial charge in [-0.25, -0.2) is 14.5 Å². The van der Waals surface area contributed by atoms with Gasteiger partial charge < -0.3 is 15.0 Å². The van der Waals surface area contributed by atoms with Crippen LogP contribution in [-0.2, 0) is 4.74 Å². The fraction of sp³-hybridized carbons (Fsp3) is 0.407. The first kappa shape index (κ1) is 24.4. The fourth-order valence-corrected chi connectivity index (χ4v) is 4.44. The van der Waals surface area contributed by atoms with Crippen molar-refractivity contribution < 1.29 is 14.3 Å². The summed E-state index contributed by atoms with van der Waals surface area (Å²) >= 11 is 0. The molecular weight excluding hydrogens is 442 g/mol. The zero-order chi connectivity index (χ0) is 25.2. The molecule has 35 heavy (non-hydrogen) atoms. The number of likely N-dealkylation sites (tertiary alicyclic amines) is 1. The number of rotatable bonds is 4. The summed E-state index contributed by atoms with van der Waals surface area (Å²) in [5, 5.41) is 7.54. The molecule has 8 nitrogen and oxygen atoms in total. The molecule has 0 radical (unpaired) electrons. The van der Waals surface area contributed by atoms with Crippen molar-refractivity contribution in [2.75, 3.05) is 18.4 Å². The first-order valence-electron chi connectivity index (χ1n) is 12.0. The maximum atomic E-state index is 13.3. The maximum absolute atomic E-state index is 13.3. The van der Waals surface area contributed by atoms with E-state index in [1.165, 1.54) is 5.56 Å². The minimum atomic E-state index is -0.535. The Balaban J connectivity index is 1.64. The van der Waals surface area contributed by atoms with E-state index in [2.05, 4.69) is 28.4 Å². The molecule has 4 rings (SSSR count). The van der Waals surface area contributed by atoms with Gasteiger partial charge in [-0.2, -0.15) is 5.10 Å². The lowest BCUT2D eigenvalue weighted by Gasteiger charge is -2.34. The number of aryl methyl sites for hydroxylation is 2. The summed E-state index contributed by atoms with van der Waals surface area (Å²) in [5.74, 6) is 0.299. The standard InChI is InChI=1S/C27H33N5O3/c1-18-9-10-22(19(2)16-18)32-24(20-11-14-31(15-12-20)26(34)35-27(3,4)5)21(17-29-32)25(33)30-23-8-6-7-13-28-23/h6-10,13,16-17,20H,11-12,14-15H2,1-5H3,(H,28,30,33). The Bertz CT molecular complexity index is 1210. The third-order valence-corrected chi connectivity index (χ3v) is 6.07. The molecule has 0 atom stereocenters. The van der Waals surface area contributed by atoms with Gasteiger partial charge in [-0.1, -0.05) is 23.8 Å². The van der Waals surface area contributed by atoms with Crippen molar-refractivity contribution in [2.45, 2.75) is 59.0 Å². The van der Waals surface area contributed by atoms with Crippen LogP contribution >= 0.6 is 0 Å². The van der Waals surface area contributed by atoms with Crippen molar-refractivity contribution in [3.63, 3.8) is 0 Å². The number of nitrogens with one attached hydrogen (secondary N) is 1. The average Bonchev–Trinajstić information content (AvgIpc) is 3.24. The van der Waals surface area contributed by atoms with Crippen LogP contribution in [0.1, 0.15) is 66.7 Å². The van der Waals surface area contributed by atoms with Crippen molar-refractivity contribution >= 4 is 17.8 Å². The molecule has 0 bridgehead atoms. The Labute approximate surface area is 206 Å². The van der Waals surface area contributed by atoms with Gasteiger partial charge in [0.05, 0.1) is 23.1 Å². The maximum Gasteiger partial charge on any atom is 0.410 e. The van der Waals surface area contributed by atoms with Gasteiger partial charge in [0.2, 0.25) is 0 Å². The van der Waals surface area contributed by atoms with Crippen LogP contribution in [0, 0.1) is 13.8 Å². The van der Waals surface area contributed by atoms with E-state index in [-0.39, 0.29) is 17.9 Å². The first-order chi connectivity index (χ1) is 16.6. The third kappa shape index (κ3) is 5.70. The molecule has 2 amide bonds. The second-order valence-electron chi connectivity index (χ2n) is 10.1. The first-order valence-corrected chi connectivity index (χ1v) is 12.0. The second-order valence-corrected chi connectivity index (χ2v) is 10.1. The number of benzene rings is 1. The molecule has 184 valence electrons. The van der Waals surface area contributed by atoms with E-state index < -0.39 is 5.60 Å². The number of amides is 2. The van der Waals surface area contributed by atoms with Gasteiger partial charge >= 0.3 is 6.09 Å². The zero-order valence-electron chi connectivity index (χ0n) is 21.0. The van der Waals surface area contributed by atoms with Crippen LogP contribution < -0.4 is 5.32 Å². The molecule has 1 aliphatic heterocycles. The van der Waals surface area contributed by atoms with Gasteiger partial charge in [-0.3, -0.25) is 4.79 Å². The molecule has 3 heterocycles. The number of ether oxygens (including phenoxy) is 1. The summed E-state index contributed by atoms with van der Waals surface area (Å²) < 4.78 is 7.43. The van der Waals surface area contributed by atoms with E-state index in [1.807, 2.05) is 50.6 Å². The van der Waals surface area contributed by atoms with Crippen molar-refractivity contribution in [2.24, 2.45) is 0 Å². The summed E-state index contributed by atoms with van der Waals surface area (Å²) in [6.45, 7) is 10.8. The highest BCUT2D eigenvalue weighted by Gasteiger charge is 2.32. The highest BCUT2D eigenvalue weighted by molar-refractivity contribution is 6.04. The Morgan fingerprint density at radius 2 is 1.83 bits per heavy atom. The van der Waals surface area contributed by atoms with E-state index in [1.54, 1.807) is 29.4 Å². The number of aromatic nitrogens is 3. The molecule has 0 spiro atoms. The lowest BCUT2D eigenvalue weighted by atomic mass is 9.90. The van der Waals surface area contributed by atoms with Crippen LogP contribution in [0.4, 0.5) is 10.6 Å². The molecule has 1 saturated heterocycles. The normalized spacial score (nSPS) is 14.6. The molecule has 1 fully saturated rings. The SMILES string of the molecule is Cc1ccc(-n2ncc(C(=O)Nc3ccccn3)c2C2CCN(C(=O)OC(C)(C)C)CC2)c(C)c1. The van der Waals surface area contributed by atoms with Gasteiger partial charge in [0, 0.05) is 25.2 Å². The molecule has 0 aliphatic carbocycles. The zero-order valence-corrected chi connectivity index (χ0v) is 21.0. The van der Waals surface area contributed by atoms with Gasteiger partial charge in [-0.15, -0.1) is 0 Å². The minimum Gasteiger partial charge on any atom is -0.444 e. The van der Waals surface area contributed by atoms with Crippen LogP contribution in [0.3, 0.4) is 0 Å². The highest BCUT2D eigenvalue weighted by atomic mass is 16.6. The van der Waals surface area contributed by atoms with Crippen LogP contribution in [0.15, 0.2) is 48.8 Å². The van der Waals surface area contributed by atoms with E-state index in [4.69, 9.17) is 4.74 Å². The molecule has 1 aliphatic rings. The number of pyridine rings is 1. The summed E-state index contributed by atoms with van der Waals surface area (Å²) in [6.07, 6.45) is 4.39. The van der Waals surface area contributed by atoms with E-state index in [0.717, 1.165) is 16.9 Å². The third-order valence-electron chi connectivity index (χ3n) is 6.07. The van der Waals surface area contributed by atoms with Crippen LogP contribution in [-0.4, -0.2) is 50.4 Å². The number of nitrogens with zero attached hydrogens (tertiary/aromatic N) is 4. The topological polar surface area (TPSA) is 89.4 Å². The highest BCUT2D eigenvalue weighted by Crippen LogP contribution is 2.33. The molecule has 0 unspecified atom stereocenters. The number of piperidine rings is 1. The van der Waals surface area contributed by atoms with Crippen LogP contribution in [0.5, 0.6) is 0 Å². The predicted molar refractivity (Wildman–Crippen MR) is 135 cm³/mol. The predicted octanol–water partition coefficient (Wildman–Crippen LogP) is 5.25. The Morgan fingerprint density at radius 1 is 1.09 bits per heavy atom. The van der Waals surface area contributed by atoms with E-state index >= 15 is 0 Å². The average molecular weight is 476 g/mol. The van der Waals surface area contributed by atoms with Crippen molar-refractivity contribution in [3.8, 4) is 5.69 Å². The monoisotopic (exact) mass is 475 g/mol. The van der Waals surface area contributed by atoms with E-state index in [0.29, 0.717) is 37.3 Å². The van der Waals surface area contributed by atoms with E-state index in [9.17, 15) is 9.59 Å². The molecule has 0 saturated carbocycles. The molecule has 3 aromatic rings. The Hall–Kier alpha value is -3.68. The quantitative estimate of drug-likeness (QED) is 0.557. The lowest BCUT2D eigenvalue weighted by Crippen LogP contribution is -2.41. The lowest BCUT2D eigenvalue weighted by molar-refractivity contribution is 0.0203. The summed E-state index contributed by atoms with van der Waals surface area (Å²) in [4.78, 5) is 31.8. The number of carbonyl (C=O) groups is 2. The van der Waals surface area contributed by atoms with Gasteiger partial charge in [0.15, 0.2) is 0 Å². The molecule has 1 N–H and O–H groups in total. The number of hydrogen-bond acceptors (Lipinski definition) is 5. The minimum absolute atomic E-state index is 0.0568. The number of hydrogen-bond donors (Lipinski definition) is 1. The molecule has 2 aromatic heterocycles. The Morgan fingerprint density at radius 3 is 2.46 bits per heavy atom. The smallest absolute Gasteiger partial charge is 0.410 e. The number of carbonyl (C=O) groups excluding carboxylic acids is 2. The van der Waals surface area contributed by atoms with Gasteiger partial charge in [-0.05, 0) is 71.2 Å². The molecule has 1 aromatic carbocycles. The van der Waals surface area contributed by atoms with Crippen molar-refractivity contribution in [3.05, 3.63) is 71.2 Å². The second kappa shape index (κ2) is 9.90. The van der Waals surface area contributed by atoms with Gasteiger partial charge in [0.25, 0.3) is 5.91 Å². The Kier molecular flexibility index (Phi) is 6.91. The summed E-state index contributed by atoms with van der Waals surface area (Å²) in [6, 6.07) is 11.6. The summed E-state index contributed by atoms with van der Waals surface area (Å²) in [7, 11) is 0. The summed E-state index contributed by atoms with van der Waals surface area (Å²) in [5.41, 5.74) is 4.03. The number of anilines is 1. The van der Waals surface area contributed by atoms with Gasteiger partial charge in [0.1, 0.15) is 11.4 Å². The largest absolute Gasteiger partial charge is 0.444 e. The van der Waals surface area contributed by atoms with Crippen LogP contribution in [0.2, 0.25) is 0 Å². The van der Waals surface area contributed by atoms with Crippen LogP contribution in [0.25, 0.3) is 5.69 Å².